The summed E-state index contributed by atoms with van der Waals surface area (Å²) < 4.78 is 0. The van der Waals surface area contributed by atoms with Gasteiger partial charge in [-0.2, -0.15) is 0 Å². The second-order valence-corrected chi connectivity index (χ2v) is 7.88. The van der Waals surface area contributed by atoms with Crippen molar-refractivity contribution in [3.8, 4) is 0 Å². The lowest BCUT2D eigenvalue weighted by molar-refractivity contribution is -0.117. The number of fused-ring (bicyclic) bond motifs is 1. The molecule has 2 N–H and O–H groups in total. The zero-order valence-corrected chi connectivity index (χ0v) is 16.1. The SMILES string of the molecule is CC[C@@H]1CCCCN1CCCNC(=O)/C=C1\Sc2ccccc2NC1=O. The third-order valence-electron chi connectivity index (χ3n) is 4.98. The fraction of sp³-hybridized carbons (Fsp3) is 0.500. The molecule has 1 aromatic rings. The standard InChI is InChI=1S/C20H27N3O2S/c1-2-15-8-5-6-12-23(15)13-7-11-21-19(24)14-18-20(25)22-16-9-3-4-10-17(16)26-18/h3-4,9-10,14-15H,2,5-8,11-13H2,1H3,(H,21,24)(H,22,25)/b18-14-/t15-/m1/s1. The van der Waals surface area contributed by atoms with Gasteiger partial charge in [-0.25, -0.2) is 0 Å². The van der Waals surface area contributed by atoms with E-state index in [1.54, 1.807) is 0 Å². The number of benzene rings is 1. The minimum atomic E-state index is -0.219. The van der Waals surface area contributed by atoms with E-state index < -0.39 is 0 Å². The van der Waals surface area contributed by atoms with Crippen molar-refractivity contribution in [1.29, 1.82) is 0 Å². The van der Waals surface area contributed by atoms with Gasteiger partial charge in [0.2, 0.25) is 5.91 Å². The van der Waals surface area contributed by atoms with Crippen LogP contribution in [0.15, 0.2) is 40.1 Å². The highest BCUT2D eigenvalue weighted by atomic mass is 32.2. The Hall–Kier alpha value is -1.79. The van der Waals surface area contributed by atoms with Crippen molar-refractivity contribution in [3.63, 3.8) is 0 Å². The van der Waals surface area contributed by atoms with Crippen LogP contribution in [0.2, 0.25) is 0 Å². The second kappa shape index (κ2) is 9.24. The van der Waals surface area contributed by atoms with Gasteiger partial charge in [-0.05, 0) is 44.4 Å². The average Bonchev–Trinajstić information content (AvgIpc) is 2.66. The molecule has 0 radical (unpaired) electrons. The third kappa shape index (κ3) is 4.89. The zero-order valence-electron chi connectivity index (χ0n) is 15.3. The van der Waals surface area contributed by atoms with Crippen LogP contribution in [0.3, 0.4) is 0 Å². The Kier molecular flexibility index (Phi) is 6.74. The predicted octanol–water partition coefficient (Wildman–Crippen LogP) is 3.39. The lowest BCUT2D eigenvalue weighted by Gasteiger charge is -2.35. The number of thioether (sulfide) groups is 1. The molecular weight excluding hydrogens is 346 g/mol. The summed E-state index contributed by atoms with van der Waals surface area (Å²) >= 11 is 1.34. The maximum absolute atomic E-state index is 12.1. The lowest BCUT2D eigenvalue weighted by Crippen LogP contribution is -2.40. The number of rotatable bonds is 6. The highest BCUT2D eigenvalue weighted by Gasteiger charge is 2.22. The highest BCUT2D eigenvalue weighted by molar-refractivity contribution is 8.04. The van der Waals surface area contributed by atoms with E-state index in [9.17, 15) is 9.59 Å². The van der Waals surface area contributed by atoms with E-state index >= 15 is 0 Å². The van der Waals surface area contributed by atoms with Gasteiger partial charge in [-0.3, -0.25) is 9.59 Å². The van der Waals surface area contributed by atoms with E-state index in [0.717, 1.165) is 23.5 Å². The minimum Gasteiger partial charge on any atom is -0.352 e. The quantitative estimate of drug-likeness (QED) is 0.593. The molecule has 0 spiro atoms. The van der Waals surface area contributed by atoms with Crippen molar-refractivity contribution in [2.75, 3.05) is 25.0 Å². The number of amides is 2. The number of anilines is 1. The monoisotopic (exact) mass is 373 g/mol. The number of nitrogens with one attached hydrogen (secondary N) is 2. The largest absolute Gasteiger partial charge is 0.352 e. The Labute approximate surface area is 159 Å². The molecule has 2 amide bonds. The summed E-state index contributed by atoms with van der Waals surface area (Å²) in [5.41, 5.74) is 0.798. The molecule has 0 aromatic heterocycles. The fourth-order valence-electron chi connectivity index (χ4n) is 3.58. The Balaban J connectivity index is 1.45. The van der Waals surface area contributed by atoms with Gasteiger partial charge in [0.25, 0.3) is 5.91 Å². The van der Waals surface area contributed by atoms with Crippen LogP contribution in [0.1, 0.15) is 39.0 Å². The molecule has 2 aliphatic heterocycles. The van der Waals surface area contributed by atoms with Gasteiger partial charge in [0.1, 0.15) is 0 Å². The van der Waals surface area contributed by atoms with Crippen LogP contribution in [0, 0.1) is 0 Å². The molecule has 1 aromatic carbocycles. The Morgan fingerprint density at radius 1 is 1.38 bits per heavy atom. The van der Waals surface area contributed by atoms with Crippen molar-refractivity contribution in [3.05, 3.63) is 35.2 Å². The number of hydrogen-bond donors (Lipinski definition) is 2. The molecule has 2 aliphatic rings. The van der Waals surface area contributed by atoms with Crippen molar-refractivity contribution in [1.82, 2.24) is 10.2 Å². The Morgan fingerprint density at radius 3 is 3.08 bits per heavy atom. The van der Waals surface area contributed by atoms with E-state index in [1.165, 1.54) is 50.1 Å². The molecule has 0 saturated carbocycles. The van der Waals surface area contributed by atoms with E-state index in [4.69, 9.17) is 0 Å². The smallest absolute Gasteiger partial charge is 0.262 e. The lowest BCUT2D eigenvalue weighted by atomic mass is 10.00. The zero-order chi connectivity index (χ0) is 18.4. The first kappa shape index (κ1) is 19.0. The molecule has 2 heterocycles. The molecule has 6 heteroatoms. The Bertz CT molecular complexity index is 689. The number of nitrogens with zero attached hydrogens (tertiary/aromatic N) is 1. The number of para-hydroxylation sites is 1. The highest BCUT2D eigenvalue weighted by Crippen LogP contribution is 2.37. The molecule has 1 fully saturated rings. The third-order valence-corrected chi connectivity index (χ3v) is 6.08. The van der Waals surface area contributed by atoms with Crippen LogP contribution in [0.25, 0.3) is 0 Å². The number of likely N-dealkylation sites (tertiary alicyclic amines) is 1. The molecule has 0 unspecified atom stereocenters. The van der Waals surface area contributed by atoms with Gasteiger partial charge in [-0.1, -0.05) is 37.2 Å². The minimum absolute atomic E-state index is 0.201. The van der Waals surface area contributed by atoms with Gasteiger partial charge >= 0.3 is 0 Å². The maximum atomic E-state index is 12.1. The summed E-state index contributed by atoms with van der Waals surface area (Å²) in [6.45, 7) is 5.09. The summed E-state index contributed by atoms with van der Waals surface area (Å²) in [5, 5.41) is 5.73. The topological polar surface area (TPSA) is 61.4 Å². The van der Waals surface area contributed by atoms with Crippen LogP contribution in [0.4, 0.5) is 5.69 Å². The molecule has 3 rings (SSSR count). The van der Waals surface area contributed by atoms with Gasteiger partial charge < -0.3 is 15.5 Å². The summed E-state index contributed by atoms with van der Waals surface area (Å²) in [7, 11) is 0. The normalized spacial score (nSPS) is 22.0. The van der Waals surface area contributed by atoms with E-state index in [2.05, 4.69) is 22.5 Å². The molecule has 1 atom stereocenters. The van der Waals surface area contributed by atoms with Crippen LogP contribution in [-0.4, -0.2) is 42.4 Å². The van der Waals surface area contributed by atoms with Crippen molar-refractivity contribution >= 4 is 29.3 Å². The Morgan fingerprint density at radius 2 is 2.23 bits per heavy atom. The van der Waals surface area contributed by atoms with Crippen LogP contribution in [0.5, 0.6) is 0 Å². The first-order chi connectivity index (χ1) is 12.7. The number of carbonyl (C=O) groups is 2. The number of carbonyl (C=O) groups excluding carboxylic acids is 2. The van der Waals surface area contributed by atoms with Crippen molar-refractivity contribution in [2.45, 2.75) is 50.0 Å². The van der Waals surface area contributed by atoms with Crippen LogP contribution in [-0.2, 0) is 9.59 Å². The van der Waals surface area contributed by atoms with Crippen LogP contribution < -0.4 is 10.6 Å². The maximum Gasteiger partial charge on any atom is 0.262 e. The van der Waals surface area contributed by atoms with Crippen LogP contribution >= 0.6 is 11.8 Å². The summed E-state index contributed by atoms with van der Waals surface area (Å²) in [4.78, 5) is 28.2. The van der Waals surface area contributed by atoms with E-state index in [1.807, 2.05) is 24.3 Å². The molecular formula is C20H27N3O2S. The molecule has 26 heavy (non-hydrogen) atoms. The second-order valence-electron chi connectivity index (χ2n) is 6.80. The molecule has 1 saturated heterocycles. The fourth-order valence-corrected chi connectivity index (χ4v) is 4.51. The molecule has 5 nitrogen and oxygen atoms in total. The first-order valence-electron chi connectivity index (χ1n) is 9.49. The summed E-state index contributed by atoms with van der Waals surface area (Å²) in [6, 6.07) is 8.30. The van der Waals surface area contributed by atoms with Crippen molar-refractivity contribution < 1.29 is 9.59 Å². The summed E-state index contributed by atoms with van der Waals surface area (Å²) in [5.74, 6) is -0.421. The van der Waals surface area contributed by atoms with Gasteiger partial charge in [0.05, 0.1) is 10.6 Å². The van der Waals surface area contributed by atoms with Crippen molar-refractivity contribution in [2.24, 2.45) is 0 Å². The molecule has 0 bridgehead atoms. The summed E-state index contributed by atoms with van der Waals surface area (Å²) in [6.07, 6.45) is 7.46. The van der Waals surface area contributed by atoms with Gasteiger partial charge in [0, 0.05) is 30.1 Å². The number of piperidine rings is 1. The number of hydrogen-bond acceptors (Lipinski definition) is 4. The predicted molar refractivity (Wildman–Crippen MR) is 106 cm³/mol. The van der Waals surface area contributed by atoms with Gasteiger partial charge in [-0.15, -0.1) is 0 Å². The molecule has 0 aliphatic carbocycles. The van der Waals surface area contributed by atoms with E-state index in [0.29, 0.717) is 17.5 Å². The van der Waals surface area contributed by atoms with Gasteiger partial charge in [0.15, 0.2) is 0 Å². The first-order valence-corrected chi connectivity index (χ1v) is 10.3. The van der Waals surface area contributed by atoms with E-state index in [-0.39, 0.29) is 11.8 Å². The average molecular weight is 374 g/mol. The molecule has 140 valence electrons.